The molecule has 0 radical (unpaired) electrons. The molecule has 704 valence electrons. The molecule has 14 rings (SSSR count). The molecule has 0 aliphatic heterocycles. The number of hydrogen-bond donors (Lipinski definition) is 1. The molecule has 0 aliphatic rings. The number of hydrogen-bond acceptors (Lipinski definition) is 4. The highest BCUT2D eigenvalue weighted by atomic mass is 79.9. The van der Waals surface area contributed by atoms with Crippen molar-refractivity contribution in [3.05, 3.63) is 386 Å². The quantitative estimate of drug-likeness (QED) is 0.0557. The number of rotatable bonds is 17. The van der Waals surface area contributed by atoms with Crippen LogP contribution in [0.15, 0.2) is 286 Å². The fourth-order valence-electron chi connectivity index (χ4n) is 16.3. The minimum Gasteiger partial charge on any atom is -0.356 e. The van der Waals surface area contributed by atoms with E-state index in [1.165, 1.54) is 38.9 Å². The highest BCUT2D eigenvalue weighted by molar-refractivity contribution is 9.11. The molecule has 0 spiro atoms. The van der Waals surface area contributed by atoms with Gasteiger partial charge in [0.25, 0.3) is 0 Å². The molecular formula is C114H115Br3Cl12N4Si2. The van der Waals surface area contributed by atoms with E-state index in [0.29, 0.717) is 90.8 Å². The minimum absolute atomic E-state index is 0.0650. The lowest BCUT2D eigenvalue weighted by Crippen LogP contribution is -2.65. The van der Waals surface area contributed by atoms with Crippen LogP contribution >= 0.6 is 187 Å². The number of nitrogens with zero attached hydrogens (tertiary/aromatic N) is 3. The van der Waals surface area contributed by atoms with Crippen LogP contribution in [0, 0.1) is 0 Å². The Hall–Kier alpha value is -6.37. The molecular weight excluding hydrogens is 2150 g/mol. The Morgan fingerprint density at radius 1 is 0.207 bits per heavy atom. The van der Waals surface area contributed by atoms with Crippen molar-refractivity contribution in [1.82, 2.24) is 0 Å². The second-order valence-corrected chi connectivity index (χ2v) is 57.2. The van der Waals surface area contributed by atoms with Crippen LogP contribution in [0.2, 0.25) is 73.4 Å². The molecule has 0 saturated carbocycles. The average molecular weight is 2260 g/mol. The van der Waals surface area contributed by atoms with Gasteiger partial charge in [0.1, 0.15) is 16.1 Å². The molecule has 14 aromatic carbocycles. The third kappa shape index (κ3) is 24.7. The van der Waals surface area contributed by atoms with E-state index >= 15 is 0 Å². The fourth-order valence-corrected chi connectivity index (χ4v) is 28.6. The largest absolute Gasteiger partial charge is 0.356 e. The zero-order valence-electron chi connectivity index (χ0n) is 80.5. The molecule has 0 amide bonds. The van der Waals surface area contributed by atoms with Crippen LogP contribution in [0.25, 0.3) is 0 Å². The summed E-state index contributed by atoms with van der Waals surface area (Å²) in [6, 6.07) is 95.7. The lowest BCUT2D eigenvalue weighted by Gasteiger charge is -2.36. The molecule has 14 aromatic rings. The van der Waals surface area contributed by atoms with E-state index < -0.39 is 16.1 Å². The van der Waals surface area contributed by atoms with E-state index in [1.54, 1.807) is 0 Å². The molecule has 0 bridgehead atoms. The first-order valence-electron chi connectivity index (χ1n) is 44.7. The molecule has 0 unspecified atom stereocenters. The Morgan fingerprint density at radius 2 is 0.370 bits per heavy atom. The van der Waals surface area contributed by atoms with Gasteiger partial charge < -0.3 is 20.0 Å². The molecule has 0 fully saturated rings. The first-order chi connectivity index (χ1) is 62.8. The summed E-state index contributed by atoms with van der Waals surface area (Å²) < 4.78 is 2.12. The van der Waals surface area contributed by atoms with Crippen molar-refractivity contribution in [2.24, 2.45) is 0 Å². The second-order valence-electron chi connectivity index (χ2n) is 42.0. The number of para-hydroxylation sites is 1. The summed E-state index contributed by atoms with van der Waals surface area (Å²) >= 11 is 94.6. The Kier molecular flexibility index (Phi) is 33.8. The minimum atomic E-state index is -3.56. The van der Waals surface area contributed by atoms with Crippen molar-refractivity contribution >= 4 is 297 Å². The number of anilines is 11. The van der Waals surface area contributed by atoms with Gasteiger partial charge in [0.2, 0.25) is 0 Å². The summed E-state index contributed by atoms with van der Waals surface area (Å²) in [6.45, 7) is 51.3. The van der Waals surface area contributed by atoms with Crippen LogP contribution in [0.3, 0.4) is 0 Å². The van der Waals surface area contributed by atoms with E-state index in [9.17, 15) is 0 Å². The zero-order valence-corrected chi connectivity index (χ0v) is 96.3. The number of halogens is 15. The lowest BCUT2D eigenvalue weighted by atomic mass is 9.86. The van der Waals surface area contributed by atoms with E-state index in [-0.39, 0.29) is 37.9 Å². The van der Waals surface area contributed by atoms with Gasteiger partial charge in [-0.15, -0.1) is 0 Å². The van der Waals surface area contributed by atoms with Crippen LogP contribution in [0.4, 0.5) is 62.6 Å². The molecule has 0 aliphatic carbocycles. The van der Waals surface area contributed by atoms with Gasteiger partial charge in [-0.2, -0.15) is 0 Å². The highest BCUT2D eigenvalue weighted by Crippen LogP contribution is 2.49. The maximum absolute atomic E-state index is 7.68. The maximum Gasteiger partial charge on any atom is 0.145 e. The molecule has 21 heteroatoms. The van der Waals surface area contributed by atoms with Gasteiger partial charge in [0.15, 0.2) is 0 Å². The van der Waals surface area contributed by atoms with Crippen LogP contribution in [-0.4, -0.2) is 16.1 Å². The molecule has 0 heterocycles. The smallest absolute Gasteiger partial charge is 0.145 e. The first kappa shape index (κ1) is 107. The third-order valence-electron chi connectivity index (χ3n) is 24.9. The molecule has 0 saturated heterocycles. The number of benzene rings is 14. The maximum atomic E-state index is 7.68. The molecule has 0 atom stereocenters. The Labute approximate surface area is 889 Å². The van der Waals surface area contributed by atoms with Gasteiger partial charge in [-0.25, -0.2) is 0 Å². The van der Waals surface area contributed by atoms with E-state index in [0.717, 1.165) is 76.6 Å². The van der Waals surface area contributed by atoms with E-state index in [1.807, 2.05) is 72.8 Å². The van der Waals surface area contributed by atoms with Crippen molar-refractivity contribution in [3.63, 3.8) is 0 Å². The van der Waals surface area contributed by atoms with Crippen LogP contribution < -0.4 is 51.1 Å². The van der Waals surface area contributed by atoms with Crippen molar-refractivity contribution in [1.29, 1.82) is 0 Å². The van der Waals surface area contributed by atoms with Crippen molar-refractivity contribution < 1.29 is 0 Å². The SMILES string of the molecule is CC(C)(C)c1ccc(N(c2ccccc2)c2cc([Si](C)(c3cc(Cl)c(Cl)c(N(c4ccc(C(C)(C)C)cc4)c4ccc(C(C)(C)C)cc4)c3)c3cc(Cl)c(Cl)c(N(c4ccc(C(C)(C)C)cc4)c4ccc(C(C)(C)C)cc4)c3)cc(Cl)c2Cl)cc1.CC(C)(C)c1ccc(Nc2ccc(C(C)(C)C)cc2)cc1.C[Si](c1cc(Cl)c(Cl)c(Br)c1)(c1cc(Cl)c(Cl)c(Br)c1)c1cc(Cl)c(Cl)c(Br)c1. The van der Waals surface area contributed by atoms with Gasteiger partial charge in [-0.1, -0.05) is 401 Å². The molecule has 1 N–H and O–H groups in total. The van der Waals surface area contributed by atoms with Gasteiger partial charge in [-0.3, -0.25) is 0 Å². The van der Waals surface area contributed by atoms with Gasteiger partial charge in [0.05, 0.1) is 77.3 Å². The van der Waals surface area contributed by atoms with E-state index in [2.05, 4.69) is 426 Å². The summed E-state index contributed by atoms with van der Waals surface area (Å²) in [6.07, 6.45) is 0. The summed E-state index contributed by atoms with van der Waals surface area (Å²) in [4.78, 5) is 6.62. The van der Waals surface area contributed by atoms with Crippen molar-refractivity contribution in [3.8, 4) is 0 Å². The predicted molar refractivity (Wildman–Crippen MR) is 614 cm³/mol. The standard InChI is InChI=1S/C75H79Cl6N3Si.C20H27N.C19H9Br3Cl6Si/c1-71(2,3)48-22-32-54(33-23-48)82(53-20-18-17-19-21-53)65-45-59(42-62(76)68(65)79)85(16,60-43-63(77)69(80)66(46-60)83(55-34-24-49(25-35-55)72(4,5)6)56-36-26-50(27-37-56)73(7,8)9)61-44-64(78)70(81)67(47-61)84(57-38-28-51(29-39-57)74(10,11)12)58-40-30-52(31-41-58)75(13,14)15;1-19(2,3)15-7-11-17(12-8-15)21-18-13-9-16(10-14-18)20(4,5)6;1-29(8-2-11(20)17(26)14(23)5-8,9-3-12(21)18(27)15(24)6-9)10-4-13(22)19(28)16(25)7-10/h17-47H,1-16H3;7-14,21H,1-6H3;2-7H,1H3. The zero-order chi connectivity index (χ0) is 99.3. The van der Waals surface area contributed by atoms with Crippen molar-refractivity contribution in [2.75, 3.05) is 20.0 Å². The average Bonchev–Trinajstić information content (AvgIpc) is 0.729. The highest BCUT2D eigenvalue weighted by Gasteiger charge is 2.42. The predicted octanol–water partition coefficient (Wildman–Crippen LogP) is 38.6. The summed E-state index contributed by atoms with van der Waals surface area (Å²) in [5, 5.41) is 14.4. The Bertz CT molecular complexity index is 6060. The van der Waals surface area contributed by atoms with Crippen molar-refractivity contribution in [2.45, 2.75) is 196 Å². The Balaban J connectivity index is 0.000000263. The fraction of sp³-hybridized carbons (Fsp3) is 0.263. The molecule has 4 nitrogen and oxygen atoms in total. The van der Waals surface area contributed by atoms with Gasteiger partial charge >= 0.3 is 0 Å². The summed E-state index contributed by atoms with van der Waals surface area (Å²) in [7, 11) is -6.21. The lowest BCUT2D eigenvalue weighted by molar-refractivity contribution is 0.590. The van der Waals surface area contributed by atoms with Gasteiger partial charge in [-0.05, 0) is 326 Å². The van der Waals surface area contributed by atoms with E-state index in [4.69, 9.17) is 139 Å². The molecule has 0 aromatic heterocycles. The monoisotopic (exact) mass is 2250 g/mol. The molecule has 135 heavy (non-hydrogen) atoms. The second kappa shape index (κ2) is 42.4. The first-order valence-corrected chi connectivity index (χ1v) is 56.6. The topological polar surface area (TPSA) is 21.8 Å². The van der Waals surface area contributed by atoms with Crippen LogP contribution in [-0.2, 0) is 37.9 Å². The third-order valence-corrected chi connectivity index (χ3v) is 40.9. The van der Waals surface area contributed by atoms with Crippen LogP contribution in [0.1, 0.15) is 184 Å². The Morgan fingerprint density at radius 3 is 0.548 bits per heavy atom. The normalized spacial score (nSPS) is 12.4. The summed E-state index contributed by atoms with van der Waals surface area (Å²) in [5.74, 6) is 0. The van der Waals surface area contributed by atoms with Crippen LogP contribution in [0.5, 0.6) is 0 Å². The number of nitrogens with one attached hydrogen (secondary N) is 1. The summed E-state index contributed by atoms with van der Waals surface area (Å²) in [5.41, 5.74) is 18.7. The van der Waals surface area contributed by atoms with Gasteiger partial charge in [0, 0.05) is 58.9 Å².